The molecule has 0 spiro atoms. The number of fused-ring (bicyclic) bond motifs is 3. The van der Waals surface area contributed by atoms with Crippen LogP contribution in [0.15, 0.2) is 60.9 Å². The number of benzene rings is 1. The summed E-state index contributed by atoms with van der Waals surface area (Å²) in [6.45, 7) is 0. The Balaban J connectivity index is 1.75. The van der Waals surface area contributed by atoms with E-state index in [2.05, 4.69) is 15.3 Å². The first-order valence-corrected chi connectivity index (χ1v) is 7.77. The summed E-state index contributed by atoms with van der Waals surface area (Å²) in [5.41, 5.74) is 4.18. The van der Waals surface area contributed by atoms with Gasteiger partial charge in [0.2, 0.25) is 0 Å². The molecule has 3 aromatic rings. The summed E-state index contributed by atoms with van der Waals surface area (Å²) in [6, 6.07) is 14.9. The largest absolute Gasteiger partial charge is 0.497 e. The fourth-order valence-electron chi connectivity index (χ4n) is 3.09. The highest BCUT2D eigenvalue weighted by molar-refractivity contribution is 5.69. The van der Waals surface area contributed by atoms with Crippen LogP contribution in [0.5, 0.6) is 5.75 Å². The van der Waals surface area contributed by atoms with Crippen LogP contribution in [-0.2, 0) is 0 Å². The van der Waals surface area contributed by atoms with E-state index in [-0.39, 0.29) is 6.04 Å². The minimum absolute atomic E-state index is 0.293. The van der Waals surface area contributed by atoms with E-state index in [1.165, 1.54) is 0 Å². The highest BCUT2D eigenvalue weighted by Gasteiger charge is 2.33. The number of hydrogen-bond donors (Lipinski definition) is 2. The number of anilines is 1. The molecule has 2 atom stereocenters. The molecule has 2 unspecified atom stereocenters. The van der Waals surface area contributed by atoms with Gasteiger partial charge in [0, 0.05) is 29.2 Å². The van der Waals surface area contributed by atoms with Gasteiger partial charge in [0.1, 0.15) is 11.9 Å². The van der Waals surface area contributed by atoms with E-state index in [9.17, 15) is 5.11 Å². The van der Waals surface area contributed by atoms with E-state index < -0.39 is 6.10 Å². The summed E-state index contributed by atoms with van der Waals surface area (Å²) in [4.78, 5) is 8.89. The topological polar surface area (TPSA) is 67.3 Å². The maximum Gasteiger partial charge on any atom is 0.119 e. The maximum absolute atomic E-state index is 10.9. The smallest absolute Gasteiger partial charge is 0.119 e. The Kier molecular flexibility index (Phi) is 3.63. The summed E-state index contributed by atoms with van der Waals surface area (Å²) < 4.78 is 5.19. The third-order valence-corrected chi connectivity index (χ3v) is 4.28. The third kappa shape index (κ3) is 2.39. The van der Waals surface area contributed by atoms with Crippen molar-refractivity contribution >= 4 is 5.69 Å². The second-order valence-corrected chi connectivity index (χ2v) is 5.68. The lowest BCUT2D eigenvalue weighted by Crippen LogP contribution is -2.25. The van der Waals surface area contributed by atoms with Gasteiger partial charge in [0.05, 0.1) is 24.5 Å². The van der Waals surface area contributed by atoms with Crippen LogP contribution in [0.25, 0.3) is 11.4 Å². The van der Waals surface area contributed by atoms with Crippen molar-refractivity contribution in [3.8, 4) is 17.1 Å². The van der Waals surface area contributed by atoms with E-state index in [4.69, 9.17) is 4.74 Å². The quantitative estimate of drug-likeness (QED) is 0.775. The number of hydrogen-bond acceptors (Lipinski definition) is 5. The molecule has 4 rings (SSSR count). The third-order valence-electron chi connectivity index (χ3n) is 4.28. The molecule has 120 valence electrons. The Morgan fingerprint density at radius 3 is 2.21 bits per heavy atom. The molecule has 1 aliphatic carbocycles. The van der Waals surface area contributed by atoms with Gasteiger partial charge in [-0.15, -0.1) is 0 Å². The molecule has 1 aromatic carbocycles. The van der Waals surface area contributed by atoms with Gasteiger partial charge in [-0.3, -0.25) is 9.97 Å². The van der Waals surface area contributed by atoms with Gasteiger partial charge in [-0.05, 0) is 36.4 Å². The lowest BCUT2D eigenvalue weighted by atomic mass is 9.86. The Morgan fingerprint density at radius 1 is 0.917 bits per heavy atom. The molecule has 0 fully saturated rings. The van der Waals surface area contributed by atoms with Gasteiger partial charge < -0.3 is 15.2 Å². The van der Waals surface area contributed by atoms with Crippen LogP contribution >= 0.6 is 0 Å². The monoisotopic (exact) mass is 319 g/mol. The molecule has 0 bridgehead atoms. The summed E-state index contributed by atoms with van der Waals surface area (Å²) in [5, 5.41) is 14.3. The number of rotatable bonds is 3. The van der Waals surface area contributed by atoms with Crippen LogP contribution in [0.1, 0.15) is 23.3 Å². The Labute approximate surface area is 140 Å². The van der Waals surface area contributed by atoms with Crippen molar-refractivity contribution in [3.05, 3.63) is 72.1 Å². The lowest BCUT2D eigenvalue weighted by Gasteiger charge is -2.32. The fraction of sp³-hybridized carbons (Fsp3) is 0.158. The molecule has 5 heteroatoms. The predicted octanol–water partition coefficient (Wildman–Crippen LogP) is 3.35. The minimum Gasteiger partial charge on any atom is -0.497 e. The number of aliphatic hydroxyl groups excluding tert-OH is 1. The molecule has 0 aliphatic heterocycles. The highest BCUT2D eigenvalue weighted by Crippen LogP contribution is 2.43. The van der Waals surface area contributed by atoms with Crippen molar-refractivity contribution in [2.45, 2.75) is 12.1 Å². The van der Waals surface area contributed by atoms with E-state index in [0.717, 1.165) is 34.0 Å². The Bertz CT molecular complexity index is 864. The van der Waals surface area contributed by atoms with Crippen molar-refractivity contribution in [3.63, 3.8) is 0 Å². The second kappa shape index (κ2) is 5.94. The van der Waals surface area contributed by atoms with Gasteiger partial charge >= 0.3 is 0 Å². The Hall–Kier alpha value is -2.92. The number of ether oxygens (including phenoxy) is 1. The zero-order chi connectivity index (χ0) is 16.5. The van der Waals surface area contributed by atoms with Crippen LogP contribution in [0.2, 0.25) is 0 Å². The second-order valence-electron chi connectivity index (χ2n) is 5.68. The highest BCUT2D eigenvalue weighted by atomic mass is 16.5. The molecule has 2 heterocycles. The van der Waals surface area contributed by atoms with Gasteiger partial charge in [-0.1, -0.05) is 12.1 Å². The van der Waals surface area contributed by atoms with E-state index in [0.29, 0.717) is 0 Å². The van der Waals surface area contributed by atoms with Crippen LogP contribution in [-0.4, -0.2) is 22.2 Å². The first-order valence-electron chi connectivity index (χ1n) is 7.77. The van der Waals surface area contributed by atoms with Crippen LogP contribution in [0.4, 0.5) is 5.69 Å². The van der Waals surface area contributed by atoms with Crippen LogP contribution in [0, 0.1) is 0 Å². The summed E-state index contributed by atoms with van der Waals surface area (Å²) in [7, 11) is 1.64. The zero-order valence-corrected chi connectivity index (χ0v) is 13.2. The molecule has 0 radical (unpaired) electrons. The number of nitrogens with one attached hydrogen (secondary N) is 1. The fourth-order valence-corrected chi connectivity index (χ4v) is 3.09. The maximum atomic E-state index is 10.9. The number of nitrogens with zero attached hydrogens (tertiary/aromatic N) is 2. The normalized spacial score (nSPS) is 18.4. The van der Waals surface area contributed by atoms with E-state index in [1.807, 2.05) is 48.5 Å². The molecule has 0 saturated heterocycles. The average molecular weight is 319 g/mol. The molecule has 2 aromatic heterocycles. The number of methoxy groups -OCH3 is 1. The number of aliphatic hydroxyl groups is 1. The average Bonchev–Trinajstić information content (AvgIpc) is 2.65. The van der Waals surface area contributed by atoms with E-state index >= 15 is 0 Å². The van der Waals surface area contributed by atoms with Gasteiger partial charge in [-0.25, -0.2) is 0 Å². The van der Waals surface area contributed by atoms with Gasteiger partial charge in [0.15, 0.2) is 0 Å². The molecule has 0 saturated carbocycles. The molecular weight excluding hydrogens is 302 g/mol. The summed E-state index contributed by atoms with van der Waals surface area (Å²) in [6.07, 6.45) is 2.77. The molecular formula is C19H17N3O2. The zero-order valence-electron chi connectivity index (χ0n) is 13.2. The SMILES string of the molecule is COc1ccc(NC2c3cccnc3-c3ncccc3C2O)cc1. The van der Waals surface area contributed by atoms with Crippen LogP contribution in [0.3, 0.4) is 0 Å². The van der Waals surface area contributed by atoms with Gasteiger partial charge in [0.25, 0.3) is 0 Å². The summed E-state index contributed by atoms with van der Waals surface area (Å²) >= 11 is 0. The minimum atomic E-state index is -0.701. The molecule has 0 amide bonds. The van der Waals surface area contributed by atoms with Crippen LogP contribution < -0.4 is 10.1 Å². The van der Waals surface area contributed by atoms with Crippen molar-refractivity contribution < 1.29 is 9.84 Å². The molecule has 24 heavy (non-hydrogen) atoms. The van der Waals surface area contributed by atoms with E-state index in [1.54, 1.807) is 19.5 Å². The first-order chi connectivity index (χ1) is 11.8. The van der Waals surface area contributed by atoms with Crippen molar-refractivity contribution in [2.24, 2.45) is 0 Å². The molecule has 1 aliphatic rings. The predicted molar refractivity (Wildman–Crippen MR) is 91.8 cm³/mol. The lowest BCUT2D eigenvalue weighted by molar-refractivity contribution is 0.153. The first kappa shape index (κ1) is 14.7. The molecule has 2 N–H and O–H groups in total. The molecule has 5 nitrogen and oxygen atoms in total. The van der Waals surface area contributed by atoms with Crippen molar-refractivity contribution in [1.29, 1.82) is 0 Å². The number of pyridine rings is 2. The number of aromatic nitrogens is 2. The van der Waals surface area contributed by atoms with Crippen molar-refractivity contribution in [2.75, 3.05) is 12.4 Å². The van der Waals surface area contributed by atoms with Gasteiger partial charge in [-0.2, -0.15) is 0 Å². The summed E-state index contributed by atoms with van der Waals surface area (Å²) in [5.74, 6) is 0.793. The van der Waals surface area contributed by atoms with Crippen molar-refractivity contribution in [1.82, 2.24) is 9.97 Å². The Morgan fingerprint density at radius 2 is 1.54 bits per heavy atom. The standard InChI is InChI=1S/C19H17N3O2/c1-24-13-8-6-12(7-9-13)22-18-14-4-2-10-20-16(14)17-15(19(18)23)5-3-11-21-17/h2-11,18-19,22-23H,1H3.